The Morgan fingerprint density at radius 3 is 1.04 bits per heavy atom. The Labute approximate surface area is 488 Å². The second kappa shape index (κ2) is 17.0. The van der Waals surface area contributed by atoms with E-state index in [1.165, 1.54) is 164 Å². The fourth-order valence-electron chi connectivity index (χ4n) is 20.4. The van der Waals surface area contributed by atoms with Gasteiger partial charge in [-0.25, -0.2) is 0 Å². The second-order valence-corrected chi connectivity index (χ2v) is 27.5. The van der Waals surface area contributed by atoms with E-state index >= 15 is 0 Å². The lowest BCUT2D eigenvalue weighted by Gasteiger charge is -2.57. The molecule has 8 saturated carbocycles. The Morgan fingerprint density at radius 2 is 0.631 bits per heavy atom. The summed E-state index contributed by atoms with van der Waals surface area (Å²) in [6.07, 6.45) is 16.2. The van der Waals surface area contributed by atoms with E-state index in [4.69, 9.17) is 8.83 Å². The lowest BCUT2D eigenvalue weighted by Crippen LogP contribution is -2.48. The van der Waals surface area contributed by atoms with E-state index in [0.717, 1.165) is 92.0 Å². The van der Waals surface area contributed by atoms with Crippen molar-refractivity contribution in [2.45, 2.75) is 87.9 Å². The topological polar surface area (TPSA) is 32.8 Å². The SMILES string of the molecule is c1ccc(N(c2ccc3ccc4c(N(c5ccccc5)c5cccc6c5oc5c(C78CC9CC(CC(C9)C7)C8)cc7ccccc7c56)ccc5ccc2c3c54)c2cccc3c2oc2c(C45CC6CC(CC(C6)C4)C5)cc4ccccc4c23)cc1. The number of para-hydroxylation sites is 4. The highest BCUT2D eigenvalue weighted by atomic mass is 16.3. The molecule has 2 aromatic heterocycles. The number of benzene rings is 12. The van der Waals surface area contributed by atoms with Gasteiger partial charge in [-0.05, 0) is 227 Å². The first-order chi connectivity index (χ1) is 41.5. The maximum Gasteiger partial charge on any atom is 0.159 e. The summed E-state index contributed by atoms with van der Waals surface area (Å²) >= 11 is 0. The summed E-state index contributed by atoms with van der Waals surface area (Å²) in [4.78, 5) is 4.98. The molecule has 0 radical (unpaired) electrons. The normalized spacial score (nSPS) is 25.1. The molecular weight excluding hydrogens is 1020 g/mol. The van der Waals surface area contributed by atoms with Crippen LogP contribution in [-0.2, 0) is 10.8 Å². The minimum atomic E-state index is 0.163. The number of anilines is 6. The molecule has 0 aliphatic heterocycles. The number of fused-ring (bicyclic) bond motifs is 10. The average Bonchev–Trinajstić information content (AvgIpc) is 1.97. The Balaban J connectivity index is 0.799. The van der Waals surface area contributed by atoms with Crippen LogP contribution in [0.2, 0.25) is 0 Å². The third kappa shape index (κ3) is 6.49. The molecule has 8 bridgehead atoms. The van der Waals surface area contributed by atoms with Gasteiger partial charge in [0.05, 0.1) is 22.7 Å². The molecule has 8 aliphatic carbocycles. The molecule has 8 fully saturated rings. The Bertz CT molecular complexity index is 4680. The second-order valence-electron chi connectivity index (χ2n) is 27.5. The Kier molecular flexibility index (Phi) is 9.50. The Morgan fingerprint density at radius 1 is 0.274 bits per heavy atom. The van der Waals surface area contributed by atoms with Crippen molar-refractivity contribution in [1.29, 1.82) is 0 Å². The van der Waals surface area contributed by atoms with Crippen molar-refractivity contribution in [2.24, 2.45) is 35.5 Å². The van der Waals surface area contributed by atoms with Crippen LogP contribution in [0.25, 0.3) is 97.7 Å². The van der Waals surface area contributed by atoms with Gasteiger partial charge in [0.2, 0.25) is 0 Å². The molecular formula is C80H64N2O2. The minimum absolute atomic E-state index is 0.163. The maximum atomic E-state index is 7.66. The highest BCUT2D eigenvalue weighted by molar-refractivity contribution is 6.30. The van der Waals surface area contributed by atoms with Gasteiger partial charge in [0.25, 0.3) is 0 Å². The zero-order valence-electron chi connectivity index (χ0n) is 47.3. The summed E-state index contributed by atoms with van der Waals surface area (Å²) in [7, 11) is 0. The molecule has 14 aromatic rings. The third-order valence-electron chi connectivity index (χ3n) is 22.8. The molecule has 0 saturated heterocycles. The highest BCUT2D eigenvalue weighted by Crippen LogP contribution is 2.65. The summed E-state index contributed by atoms with van der Waals surface area (Å²) in [5.41, 5.74) is 13.9. The molecule has 8 aliphatic rings. The average molecular weight is 1090 g/mol. The minimum Gasteiger partial charge on any atom is -0.454 e. The van der Waals surface area contributed by atoms with Gasteiger partial charge < -0.3 is 18.6 Å². The van der Waals surface area contributed by atoms with Crippen molar-refractivity contribution in [2.75, 3.05) is 9.80 Å². The monoisotopic (exact) mass is 1080 g/mol. The fraction of sp³-hybridized carbons (Fsp3) is 0.250. The highest BCUT2D eigenvalue weighted by Gasteiger charge is 2.54. The fourth-order valence-corrected chi connectivity index (χ4v) is 20.4. The van der Waals surface area contributed by atoms with Crippen molar-refractivity contribution in [3.63, 3.8) is 0 Å². The number of nitrogens with zero attached hydrogens (tertiary/aromatic N) is 2. The van der Waals surface area contributed by atoms with E-state index in [0.29, 0.717) is 0 Å². The van der Waals surface area contributed by atoms with Crippen LogP contribution in [0.1, 0.15) is 88.2 Å². The predicted molar refractivity (Wildman–Crippen MR) is 349 cm³/mol. The van der Waals surface area contributed by atoms with Crippen molar-refractivity contribution < 1.29 is 8.83 Å². The van der Waals surface area contributed by atoms with Crippen molar-refractivity contribution in [3.05, 3.63) is 217 Å². The van der Waals surface area contributed by atoms with E-state index < -0.39 is 0 Å². The first-order valence-electron chi connectivity index (χ1n) is 31.6. The Hall–Kier alpha value is -8.60. The van der Waals surface area contributed by atoms with Crippen LogP contribution in [0.4, 0.5) is 34.1 Å². The summed E-state index contributed by atoms with van der Waals surface area (Å²) in [5, 5.41) is 17.5. The van der Waals surface area contributed by atoms with Gasteiger partial charge in [-0.15, -0.1) is 0 Å². The smallest absolute Gasteiger partial charge is 0.159 e. The van der Waals surface area contributed by atoms with E-state index in [1.54, 1.807) is 0 Å². The number of hydrogen-bond acceptors (Lipinski definition) is 4. The van der Waals surface area contributed by atoms with Crippen LogP contribution in [0.15, 0.2) is 215 Å². The summed E-state index contributed by atoms with van der Waals surface area (Å²) in [5.74, 6) is 4.97. The molecule has 2 heterocycles. The van der Waals surface area contributed by atoms with Gasteiger partial charge in [0.15, 0.2) is 11.2 Å². The molecule has 12 aromatic carbocycles. The van der Waals surface area contributed by atoms with E-state index in [-0.39, 0.29) is 10.8 Å². The quantitative estimate of drug-likeness (QED) is 0.142. The molecule has 0 atom stereocenters. The van der Waals surface area contributed by atoms with Crippen LogP contribution < -0.4 is 9.80 Å². The van der Waals surface area contributed by atoms with E-state index in [2.05, 4.69) is 216 Å². The number of furan rings is 2. The maximum absolute atomic E-state index is 7.66. The van der Waals surface area contributed by atoms with Gasteiger partial charge >= 0.3 is 0 Å². The van der Waals surface area contributed by atoms with Gasteiger partial charge in [-0.1, -0.05) is 146 Å². The molecule has 0 unspecified atom stereocenters. The number of rotatable bonds is 8. The molecule has 0 amide bonds. The van der Waals surface area contributed by atoms with Crippen LogP contribution in [0, 0.1) is 35.5 Å². The van der Waals surface area contributed by atoms with Crippen molar-refractivity contribution in [3.8, 4) is 0 Å². The van der Waals surface area contributed by atoms with Crippen LogP contribution >= 0.6 is 0 Å². The molecule has 0 N–H and O–H groups in total. The zero-order chi connectivity index (χ0) is 54.6. The van der Waals surface area contributed by atoms with Crippen molar-refractivity contribution in [1.82, 2.24) is 0 Å². The molecule has 4 heteroatoms. The van der Waals surface area contributed by atoms with Gasteiger partial charge in [0, 0.05) is 54.8 Å². The number of hydrogen-bond donors (Lipinski definition) is 0. The first-order valence-corrected chi connectivity index (χ1v) is 31.6. The van der Waals surface area contributed by atoms with E-state index in [9.17, 15) is 0 Å². The first kappa shape index (κ1) is 46.8. The predicted octanol–water partition coefficient (Wildman–Crippen LogP) is 22.6. The van der Waals surface area contributed by atoms with Gasteiger partial charge in [-0.3, -0.25) is 0 Å². The zero-order valence-corrected chi connectivity index (χ0v) is 47.3. The summed E-state index contributed by atoms with van der Waals surface area (Å²) < 4.78 is 15.3. The van der Waals surface area contributed by atoms with Crippen molar-refractivity contribution >= 4 is 132 Å². The molecule has 0 spiro atoms. The van der Waals surface area contributed by atoms with Gasteiger partial charge in [0.1, 0.15) is 11.2 Å². The van der Waals surface area contributed by atoms with Gasteiger partial charge in [-0.2, -0.15) is 0 Å². The molecule has 22 rings (SSSR count). The largest absolute Gasteiger partial charge is 0.454 e. The molecule has 406 valence electrons. The lowest BCUT2D eigenvalue weighted by atomic mass is 9.48. The lowest BCUT2D eigenvalue weighted by molar-refractivity contribution is -0.00493. The molecule has 84 heavy (non-hydrogen) atoms. The summed E-state index contributed by atoms with van der Waals surface area (Å²) in [6, 6.07) is 78.0. The molecule has 4 nitrogen and oxygen atoms in total. The van der Waals surface area contributed by atoms with Crippen LogP contribution in [0.5, 0.6) is 0 Å². The van der Waals surface area contributed by atoms with Crippen LogP contribution in [0.3, 0.4) is 0 Å². The third-order valence-corrected chi connectivity index (χ3v) is 22.8. The van der Waals surface area contributed by atoms with Crippen LogP contribution in [-0.4, -0.2) is 0 Å². The van der Waals surface area contributed by atoms with E-state index in [1.807, 2.05) is 0 Å². The standard InChI is InChI=1S/C80H64N2O2/c1-3-15-57(16-4-1)81(69-23-11-21-63-73-59-19-9-7-13-55(59)39-65(77(73)83-75(63)69)79-41-47-33-48(42-79)35-49(34-47)43-79)67-31-27-53-26-30-62-68(32-28-54-25-29-61(67)71(53)72(54)62)82(58-17-5-2-6-18-58)70-24-12-22-64-74-60-20-10-8-14-56(60)40-66(78(74)84-76(64)70)80-44-50-36-51(45-80)38-52(37-50)46-80/h1-32,39-40,47-52H,33-38,41-46H2. The summed E-state index contributed by atoms with van der Waals surface area (Å²) in [6.45, 7) is 0.